The topological polar surface area (TPSA) is 21.3 Å². The lowest BCUT2D eigenvalue weighted by molar-refractivity contribution is 0.302. The first-order chi connectivity index (χ1) is 8.58. The first-order valence-electron chi connectivity index (χ1n) is 7.00. The van der Waals surface area contributed by atoms with Crippen LogP contribution in [0.25, 0.3) is 0 Å². The van der Waals surface area contributed by atoms with Crippen LogP contribution in [0.4, 0.5) is 0 Å². The Hall–Kier alpha value is -1.02. The predicted octanol–water partition coefficient (Wildman–Crippen LogP) is 3.79. The van der Waals surface area contributed by atoms with Crippen molar-refractivity contribution < 1.29 is 4.74 Å². The molecule has 0 bridgehead atoms. The molecule has 0 saturated carbocycles. The summed E-state index contributed by atoms with van der Waals surface area (Å²) in [5.41, 5.74) is 1.24. The van der Waals surface area contributed by atoms with Gasteiger partial charge in [0.2, 0.25) is 0 Å². The van der Waals surface area contributed by atoms with Crippen LogP contribution in [0.15, 0.2) is 24.3 Å². The summed E-state index contributed by atoms with van der Waals surface area (Å²) in [4.78, 5) is 0. The number of hydrogen-bond acceptors (Lipinski definition) is 2. The van der Waals surface area contributed by atoms with Gasteiger partial charge in [0.1, 0.15) is 12.4 Å². The summed E-state index contributed by atoms with van der Waals surface area (Å²) in [5, 5.41) is 3.50. The average Bonchev–Trinajstić information content (AvgIpc) is 2.32. The lowest BCUT2D eigenvalue weighted by Crippen LogP contribution is -2.30. The van der Waals surface area contributed by atoms with Gasteiger partial charge >= 0.3 is 0 Å². The van der Waals surface area contributed by atoms with Crippen LogP contribution in [0.5, 0.6) is 5.75 Å². The Labute approximate surface area is 112 Å². The van der Waals surface area contributed by atoms with Crippen molar-refractivity contribution in [3.05, 3.63) is 29.8 Å². The molecule has 2 nitrogen and oxygen atoms in total. The highest BCUT2D eigenvalue weighted by atomic mass is 16.5. The molecule has 0 heterocycles. The van der Waals surface area contributed by atoms with Gasteiger partial charge in [-0.3, -0.25) is 0 Å². The molecule has 0 radical (unpaired) electrons. The Balaban J connectivity index is 2.11. The summed E-state index contributed by atoms with van der Waals surface area (Å²) < 4.78 is 5.70. The van der Waals surface area contributed by atoms with Crippen LogP contribution in [0.3, 0.4) is 0 Å². The third kappa shape index (κ3) is 6.65. The molecule has 18 heavy (non-hydrogen) atoms. The van der Waals surface area contributed by atoms with Gasteiger partial charge in [0.05, 0.1) is 0 Å². The molecule has 0 aliphatic carbocycles. The largest absolute Gasteiger partial charge is 0.492 e. The molecule has 1 atom stereocenters. The van der Waals surface area contributed by atoms with Crippen molar-refractivity contribution in [2.45, 2.75) is 46.6 Å². The third-order valence-corrected chi connectivity index (χ3v) is 3.03. The maximum atomic E-state index is 5.70. The van der Waals surface area contributed by atoms with E-state index in [-0.39, 0.29) is 0 Å². The molecule has 102 valence electrons. The fourth-order valence-corrected chi connectivity index (χ4v) is 1.86. The van der Waals surface area contributed by atoms with E-state index in [0.29, 0.717) is 6.04 Å². The number of ether oxygens (including phenoxy) is 1. The summed E-state index contributed by atoms with van der Waals surface area (Å²) in [6, 6.07) is 8.77. The minimum atomic E-state index is 0.577. The van der Waals surface area contributed by atoms with E-state index in [1.165, 1.54) is 18.4 Å². The van der Waals surface area contributed by atoms with Crippen LogP contribution in [-0.4, -0.2) is 19.2 Å². The molecule has 1 unspecified atom stereocenters. The van der Waals surface area contributed by atoms with Gasteiger partial charge < -0.3 is 10.1 Å². The van der Waals surface area contributed by atoms with Crippen molar-refractivity contribution in [1.82, 2.24) is 5.32 Å². The normalized spacial score (nSPS) is 12.7. The SMILES string of the molecule is Cc1cccc(OCCNC(C)CCC(C)C)c1. The number of rotatable bonds is 8. The minimum Gasteiger partial charge on any atom is -0.492 e. The zero-order valence-electron chi connectivity index (χ0n) is 12.2. The van der Waals surface area contributed by atoms with Gasteiger partial charge in [0.25, 0.3) is 0 Å². The molecule has 2 heteroatoms. The lowest BCUT2D eigenvalue weighted by Gasteiger charge is -2.15. The predicted molar refractivity (Wildman–Crippen MR) is 78.2 cm³/mol. The quantitative estimate of drug-likeness (QED) is 0.708. The molecule has 0 aliphatic rings. The zero-order valence-corrected chi connectivity index (χ0v) is 12.2. The number of aryl methyl sites for hydroxylation is 1. The summed E-state index contributed by atoms with van der Waals surface area (Å²) in [6.45, 7) is 10.5. The van der Waals surface area contributed by atoms with E-state index in [0.717, 1.165) is 24.8 Å². The second-order valence-electron chi connectivity index (χ2n) is 5.49. The van der Waals surface area contributed by atoms with Gasteiger partial charge in [0.15, 0.2) is 0 Å². The highest BCUT2D eigenvalue weighted by Gasteiger charge is 2.02. The van der Waals surface area contributed by atoms with E-state index in [9.17, 15) is 0 Å². The van der Waals surface area contributed by atoms with Crippen molar-refractivity contribution in [2.24, 2.45) is 5.92 Å². The molecule has 1 rings (SSSR count). The van der Waals surface area contributed by atoms with E-state index < -0.39 is 0 Å². The fraction of sp³-hybridized carbons (Fsp3) is 0.625. The van der Waals surface area contributed by atoms with Crippen molar-refractivity contribution in [3.63, 3.8) is 0 Å². The maximum Gasteiger partial charge on any atom is 0.119 e. The molecule has 0 aliphatic heterocycles. The maximum absolute atomic E-state index is 5.70. The first kappa shape index (κ1) is 15.0. The van der Waals surface area contributed by atoms with Crippen molar-refractivity contribution in [1.29, 1.82) is 0 Å². The van der Waals surface area contributed by atoms with Gasteiger partial charge in [-0.25, -0.2) is 0 Å². The average molecular weight is 249 g/mol. The third-order valence-electron chi connectivity index (χ3n) is 3.03. The van der Waals surface area contributed by atoms with E-state index in [2.05, 4.69) is 45.1 Å². The Morgan fingerprint density at radius 2 is 1.94 bits per heavy atom. The minimum absolute atomic E-state index is 0.577. The fourth-order valence-electron chi connectivity index (χ4n) is 1.86. The van der Waals surface area contributed by atoms with Crippen LogP contribution < -0.4 is 10.1 Å². The molecular weight excluding hydrogens is 222 g/mol. The van der Waals surface area contributed by atoms with E-state index in [1.54, 1.807) is 0 Å². The highest BCUT2D eigenvalue weighted by molar-refractivity contribution is 5.27. The molecule has 0 spiro atoms. The Kier molecular flexibility index (Phi) is 6.81. The van der Waals surface area contributed by atoms with E-state index in [1.807, 2.05) is 12.1 Å². The van der Waals surface area contributed by atoms with Gasteiger partial charge in [-0.05, 0) is 50.3 Å². The standard InChI is InChI=1S/C16H27NO/c1-13(2)8-9-15(4)17-10-11-18-16-7-5-6-14(3)12-16/h5-7,12-13,15,17H,8-11H2,1-4H3. The van der Waals surface area contributed by atoms with E-state index >= 15 is 0 Å². The monoisotopic (exact) mass is 249 g/mol. The molecule has 1 aromatic rings. The van der Waals surface area contributed by atoms with Crippen LogP contribution >= 0.6 is 0 Å². The van der Waals surface area contributed by atoms with Gasteiger partial charge in [-0.2, -0.15) is 0 Å². The number of benzene rings is 1. The molecular formula is C16H27NO. The van der Waals surface area contributed by atoms with Crippen molar-refractivity contribution >= 4 is 0 Å². The molecule has 1 aromatic carbocycles. The lowest BCUT2D eigenvalue weighted by atomic mass is 10.0. The summed E-state index contributed by atoms with van der Waals surface area (Å²) >= 11 is 0. The summed E-state index contributed by atoms with van der Waals surface area (Å²) in [6.07, 6.45) is 2.52. The van der Waals surface area contributed by atoms with Gasteiger partial charge in [-0.15, -0.1) is 0 Å². The molecule has 0 saturated heterocycles. The Morgan fingerprint density at radius 1 is 1.17 bits per heavy atom. The van der Waals surface area contributed by atoms with Gasteiger partial charge in [-0.1, -0.05) is 26.0 Å². The molecule has 1 N–H and O–H groups in total. The molecule has 0 fully saturated rings. The van der Waals surface area contributed by atoms with Crippen molar-refractivity contribution in [2.75, 3.05) is 13.2 Å². The second-order valence-corrected chi connectivity index (χ2v) is 5.49. The molecule has 0 amide bonds. The Morgan fingerprint density at radius 3 is 2.61 bits per heavy atom. The van der Waals surface area contributed by atoms with Crippen LogP contribution in [0.1, 0.15) is 39.2 Å². The number of nitrogens with one attached hydrogen (secondary N) is 1. The Bertz CT molecular complexity index is 336. The van der Waals surface area contributed by atoms with Crippen LogP contribution in [-0.2, 0) is 0 Å². The first-order valence-corrected chi connectivity index (χ1v) is 7.00. The highest BCUT2D eigenvalue weighted by Crippen LogP contribution is 2.12. The summed E-state index contributed by atoms with van der Waals surface area (Å²) in [7, 11) is 0. The molecule has 0 aromatic heterocycles. The van der Waals surface area contributed by atoms with E-state index in [4.69, 9.17) is 4.74 Å². The van der Waals surface area contributed by atoms with Crippen LogP contribution in [0, 0.1) is 12.8 Å². The summed E-state index contributed by atoms with van der Waals surface area (Å²) in [5.74, 6) is 1.75. The van der Waals surface area contributed by atoms with Crippen LogP contribution in [0.2, 0.25) is 0 Å². The van der Waals surface area contributed by atoms with Crippen molar-refractivity contribution in [3.8, 4) is 5.75 Å². The second kappa shape index (κ2) is 8.15. The zero-order chi connectivity index (χ0) is 13.4. The smallest absolute Gasteiger partial charge is 0.119 e. The van der Waals surface area contributed by atoms with Gasteiger partial charge in [0, 0.05) is 12.6 Å². The number of hydrogen-bond donors (Lipinski definition) is 1.